The molecule has 30 heavy (non-hydrogen) atoms. The quantitative estimate of drug-likeness (QED) is 0.505. The summed E-state index contributed by atoms with van der Waals surface area (Å²) in [7, 11) is 1.61. The molecule has 0 fully saturated rings. The third-order valence-corrected chi connectivity index (χ3v) is 5.83. The van der Waals surface area contributed by atoms with Gasteiger partial charge in [-0.05, 0) is 35.7 Å². The summed E-state index contributed by atoms with van der Waals surface area (Å²) in [4.78, 5) is 30.8. The Morgan fingerprint density at radius 2 is 1.93 bits per heavy atom. The molecule has 0 unspecified atom stereocenters. The van der Waals surface area contributed by atoms with E-state index in [-0.39, 0.29) is 18.0 Å². The van der Waals surface area contributed by atoms with Gasteiger partial charge < -0.3 is 10.1 Å². The van der Waals surface area contributed by atoms with E-state index in [1.165, 1.54) is 22.2 Å². The Labute approximate surface area is 177 Å². The molecule has 0 saturated carbocycles. The zero-order chi connectivity index (χ0) is 21.1. The first-order valence-electron chi connectivity index (χ1n) is 9.59. The summed E-state index contributed by atoms with van der Waals surface area (Å²) in [6, 6.07) is 15.2. The van der Waals surface area contributed by atoms with Crippen LogP contribution in [0.3, 0.4) is 0 Å². The summed E-state index contributed by atoms with van der Waals surface area (Å²) in [5, 5.41) is 5.34. The van der Waals surface area contributed by atoms with Gasteiger partial charge in [0, 0.05) is 16.6 Å². The van der Waals surface area contributed by atoms with E-state index in [1.807, 2.05) is 60.8 Å². The average Bonchev–Trinajstić information content (AvgIpc) is 3.21. The van der Waals surface area contributed by atoms with Gasteiger partial charge in [-0.25, -0.2) is 4.98 Å². The third kappa shape index (κ3) is 3.84. The number of nitrogens with one attached hydrogen (secondary N) is 1. The lowest BCUT2D eigenvalue weighted by Crippen LogP contribution is -2.28. The van der Waals surface area contributed by atoms with Crippen molar-refractivity contribution in [1.29, 1.82) is 0 Å². The van der Waals surface area contributed by atoms with E-state index in [0.29, 0.717) is 10.2 Å². The van der Waals surface area contributed by atoms with Crippen LogP contribution < -0.4 is 15.6 Å². The van der Waals surface area contributed by atoms with Gasteiger partial charge in [0.25, 0.3) is 5.56 Å². The highest BCUT2D eigenvalue weighted by atomic mass is 32.1. The molecule has 152 valence electrons. The smallest absolute Gasteiger partial charge is 0.263 e. The predicted molar refractivity (Wildman–Crippen MR) is 120 cm³/mol. The molecule has 0 bridgehead atoms. The zero-order valence-corrected chi connectivity index (χ0v) is 17.5. The number of benzene rings is 2. The van der Waals surface area contributed by atoms with Gasteiger partial charge in [0.2, 0.25) is 5.91 Å². The Hall–Kier alpha value is -3.45. The number of anilines is 1. The maximum absolute atomic E-state index is 13.1. The maximum atomic E-state index is 13.1. The summed E-state index contributed by atoms with van der Waals surface area (Å²) < 4.78 is 6.56. The van der Waals surface area contributed by atoms with Gasteiger partial charge in [-0.1, -0.05) is 37.3 Å². The van der Waals surface area contributed by atoms with Gasteiger partial charge in [0.05, 0.1) is 18.8 Å². The van der Waals surface area contributed by atoms with Crippen LogP contribution in [-0.4, -0.2) is 22.6 Å². The number of hydrogen-bond acceptors (Lipinski definition) is 5. The number of thiophene rings is 1. The van der Waals surface area contributed by atoms with Gasteiger partial charge in [-0.3, -0.25) is 14.2 Å². The van der Waals surface area contributed by atoms with Crippen molar-refractivity contribution in [2.75, 3.05) is 12.4 Å². The van der Waals surface area contributed by atoms with Crippen molar-refractivity contribution < 1.29 is 9.53 Å². The van der Waals surface area contributed by atoms with Crippen LogP contribution in [0.2, 0.25) is 0 Å². The first-order chi connectivity index (χ1) is 14.6. The number of amides is 1. The number of rotatable bonds is 6. The number of carbonyl (C=O) groups is 1. The van der Waals surface area contributed by atoms with E-state index < -0.39 is 0 Å². The monoisotopic (exact) mass is 419 g/mol. The van der Waals surface area contributed by atoms with Crippen LogP contribution in [-0.2, 0) is 17.8 Å². The van der Waals surface area contributed by atoms with Crippen LogP contribution in [0.1, 0.15) is 12.5 Å². The summed E-state index contributed by atoms with van der Waals surface area (Å²) in [6.45, 7) is 1.93. The second kappa shape index (κ2) is 8.51. The lowest BCUT2D eigenvalue weighted by Gasteiger charge is -2.11. The Morgan fingerprint density at radius 1 is 1.17 bits per heavy atom. The highest BCUT2D eigenvalue weighted by Crippen LogP contribution is 2.31. The van der Waals surface area contributed by atoms with Crippen LogP contribution in [0.4, 0.5) is 5.69 Å². The molecule has 1 amide bonds. The molecule has 2 aromatic heterocycles. The van der Waals surface area contributed by atoms with Gasteiger partial charge in [-0.2, -0.15) is 0 Å². The highest BCUT2D eigenvalue weighted by Gasteiger charge is 2.15. The molecule has 2 aromatic carbocycles. The minimum atomic E-state index is -0.264. The topological polar surface area (TPSA) is 73.2 Å². The van der Waals surface area contributed by atoms with Gasteiger partial charge >= 0.3 is 0 Å². The predicted octanol–water partition coefficient (Wildman–Crippen LogP) is 4.33. The van der Waals surface area contributed by atoms with Crippen molar-refractivity contribution in [2.24, 2.45) is 0 Å². The van der Waals surface area contributed by atoms with Gasteiger partial charge in [0.1, 0.15) is 17.1 Å². The van der Waals surface area contributed by atoms with E-state index in [2.05, 4.69) is 10.3 Å². The van der Waals surface area contributed by atoms with Crippen LogP contribution in [0.5, 0.6) is 5.75 Å². The summed E-state index contributed by atoms with van der Waals surface area (Å²) >= 11 is 1.41. The molecule has 6 nitrogen and oxygen atoms in total. The number of nitrogens with zero attached hydrogens (tertiary/aromatic N) is 2. The average molecular weight is 420 g/mol. The highest BCUT2D eigenvalue weighted by molar-refractivity contribution is 7.17. The van der Waals surface area contributed by atoms with Crippen LogP contribution in [0.15, 0.2) is 65.0 Å². The fourth-order valence-electron chi connectivity index (χ4n) is 3.36. The van der Waals surface area contributed by atoms with Gasteiger partial charge in [-0.15, -0.1) is 11.3 Å². The summed E-state index contributed by atoms with van der Waals surface area (Å²) in [5.41, 5.74) is 3.29. The normalized spacial score (nSPS) is 10.9. The van der Waals surface area contributed by atoms with E-state index >= 15 is 0 Å². The molecular weight excluding hydrogens is 398 g/mol. The Kier molecular flexibility index (Phi) is 5.63. The maximum Gasteiger partial charge on any atom is 0.263 e. The first-order valence-corrected chi connectivity index (χ1v) is 10.5. The fourth-order valence-corrected chi connectivity index (χ4v) is 4.26. The van der Waals surface area contributed by atoms with Crippen molar-refractivity contribution in [3.63, 3.8) is 0 Å². The number of ether oxygens (including phenoxy) is 1. The van der Waals surface area contributed by atoms with E-state index in [9.17, 15) is 9.59 Å². The Morgan fingerprint density at radius 3 is 2.67 bits per heavy atom. The largest absolute Gasteiger partial charge is 0.497 e. The number of aryl methyl sites for hydroxylation is 1. The van der Waals surface area contributed by atoms with Crippen LogP contribution >= 0.6 is 11.3 Å². The standard InChI is InChI=1S/C23H21N3O3S/c1-3-15-6-4-5-7-19(15)25-20(27)12-26-14-24-22-21(23(26)28)18(13-30-22)16-8-10-17(29-2)11-9-16/h4-11,13-14H,3,12H2,1-2H3,(H,25,27). The number of aromatic nitrogens is 2. The van der Waals surface area contributed by atoms with Crippen LogP contribution in [0.25, 0.3) is 21.3 Å². The summed E-state index contributed by atoms with van der Waals surface area (Å²) in [5.74, 6) is 0.484. The van der Waals surface area contributed by atoms with E-state index in [4.69, 9.17) is 4.74 Å². The van der Waals surface area contributed by atoms with Crippen molar-refractivity contribution in [3.8, 4) is 16.9 Å². The fraction of sp³-hybridized carbons (Fsp3) is 0.174. The second-order valence-corrected chi connectivity index (χ2v) is 7.65. The molecule has 0 aliphatic heterocycles. The molecule has 4 rings (SSSR count). The second-order valence-electron chi connectivity index (χ2n) is 6.79. The molecule has 0 spiro atoms. The van der Waals surface area contributed by atoms with E-state index in [1.54, 1.807) is 7.11 Å². The minimum absolute atomic E-state index is 0.0995. The number of carbonyl (C=O) groups excluding carboxylic acids is 1. The number of para-hydroxylation sites is 1. The molecule has 2 heterocycles. The SMILES string of the molecule is CCc1ccccc1NC(=O)Cn1cnc2scc(-c3ccc(OC)cc3)c2c1=O. The molecule has 7 heteroatoms. The zero-order valence-electron chi connectivity index (χ0n) is 16.7. The van der Waals surface area contributed by atoms with E-state index in [0.717, 1.165) is 34.5 Å². The molecule has 0 radical (unpaired) electrons. The minimum Gasteiger partial charge on any atom is -0.497 e. The Balaban J connectivity index is 1.64. The molecule has 0 atom stereocenters. The molecule has 0 aliphatic rings. The van der Waals surface area contributed by atoms with Crippen molar-refractivity contribution in [2.45, 2.75) is 19.9 Å². The molecule has 0 aliphatic carbocycles. The lowest BCUT2D eigenvalue weighted by molar-refractivity contribution is -0.116. The van der Waals surface area contributed by atoms with Crippen molar-refractivity contribution >= 4 is 33.1 Å². The van der Waals surface area contributed by atoms with Crippen molar-refractivity contribution in [3.05, 3.63) is 76.2 Å². The molecule has 4 aromatic rings. The van der Waals surface area contributed by atoms with Gasteiger partial charge in [0.15, 0.2) is 0 Å². The number of hydrogen-bond donors (Lipinski definition) is 1. The molecule has 0 saturated heterocycles. The Bertz CT molecular complexity index is 1260. The molecule has 1 N–H and O–H groups in total. The molecular formula is C23H21N3O3S. The number of fused-ring (bicyclic) bond motifs is 1. The van der Waals surface area contributed by atoms with Crippen LogP contribution in [0, 0.1) is 0 Å². The summed E-state index contributed by atoms with van der Waals surface area (Å²) in [6.07, 6.45) is 2.24. The third-order valence-electron chi connectivity index (χ3n) is 4.95. The number of methoxy groups -OCH3 is 1. The van der Waals surface area contributed by atoms with Crippen molar-refractivity contribution in [1.82, 2.24) is 9.55 Å². The lowest BCUT2D eigenvalue weighted by atomic mass is 10.1. The first kappa shape index (κ1) is 19.8.